The number of rotatable bonds is 8. The lowest BCUT2D eigenvalue weighted by molar-refractivity contribution is -0.123. The van der Waals surface area contributed by atoms with E-state index in [1.807, 2.05) is 32.0 Å². The van der Waals surface area contributed by atoms with Crippen LogP contribution in [0.15, 0.2) is 29.1 Å². The lowest BCUT2D eigenvalue weighted by Gasteiger charge is -2.26. The number of pyridine rings is 1. The normalized spacial score (nSPS) is 14.9. The highest BCUT2D eigenvalue weighted by atomic mass is 16.5. The van der Waals surface area contributed by atoms with Gasteiger partial charge in [0.05, 0.1) is 5.52 Å². The minimum Gasteiger partial charge on any atom is -0.484 e. The maximum atomic E-state index is 12.3. The van der Waals surface area contributed by atoms with Gasteiger partial charge in [-0.3, -0.25) is 9.59 Å². The standard InChI is InChI=1S/C22H31N3O3/c1-3-10-25-20-15-18(7-8-19(20)17(2)14-22(25)27)28-16-21(26)23-9-13-24-11-5-4-6-12-24/h7-8,14-15H,3-6,9-13,16H2,1-2H3,(H,23,26). The number of fused-ring (bicyclic) bond motifs is 1. The number of nitrogens with one attached hydrogen (secondary N) is 1. The molecule has 1 aliphatic heterocycles. The van der Waals surface area contributed by atoms with Crippen LogP contribution in [-0.2, 0) is 11.3 Å². The van der Waals surface area contributed by atoms with Crippen molar-refractivity contribution in [2.45, 2.75) is 46.1 Å². The largest absolute Gasteiger partial charge is 0.484 e. The molecule has 6 nitrogen and oxygen atoms in total. The predicted octanol–water partition coefficient (Wildman–Crippen LogP) is 2.70. The molecule has 1 aliphatic rings. The lowest BCUT2D eigenvalue weighted by Crippen LogP contribution is -2.39. The minimum absolute atomic E-state index is 0.000504. The topological polar surface area (TPSA) is 63.6 Å². The molecule has 152 valence electrons. The first-order valence-electron chi connectivity index (χ1n) is 10.3. The average Bonchev–Trinajstić information content (AvgIpc) is 2.70. The smallest absolute Gasteiger partial charge is 0.257 e. The van der Waals surface area contributed by atoms with Crippen LogP contribution in [0.5, 0.6) is 5.75 Å². The van der Waals surface area contributed by atoms with E-state index in [1.54, 1.807) is 10.6 Å². The van der Waals surface area contributed by atoms with E-state index in [1.165, 1.54) is 19.3 Å². The number of piperidine rings is 1. The average molecular weight is 386 g/mol. The molecule has 1 saturated heterocycles. The second-order valence-corrected chi connectivity index (χ2v) is 7.54. The van der Waals surface area contributed by atoms with Gasteiger partial charge in [-0.1, -0.05) is 13.3 Å². The van der Waals surface area contributed by atoms with Crippen LogP contribution in [0.1, 0.15) is 38.2 Å². The molecule has 1 fully saturated rings. The molecule has 0 aliphatic carbocycles. The highest BCUT2D eigenvalue weighted by Crippen LogP contribution is 2.22. The van der Waals surface area contributed by atoms with Gasteiger partial charge in [-0.15, -0.1) is 0 Å². The third-order valence-corrected chi connectivity index (χ3v) is 5.31. The van der Waals surface area contributed by atoms with E-state index in [9.17, 15) is 9.59 Å². The number of nitrogens with zero attached hydrogens (tertiary/aromatic N) is 2. The Labute approximate surface area is 166 Å². The Morgan fingerprint density at radius 2 is 1.93 bits per heavy atom. The molecule has 6 heteroatoms. The summed E-state index contributed by atoms with van der Waals surface area (Å²) in [6.07, 6.45) is 4.69. The third-order valence-electron chi connectivity index (χ3n) is 5.31. The SMILES string of the molecule is CCCn1c(=O)cc(C)c2ccc(OCC(=O)NCCN3CCCCC3)cc21. The third kappa shape index (κ3) is 5.13. The Morgan fingerprint density at radius 3 is 2.68 bits per heavy atom. The minimum atomic E-state index is -0.118. The summed E-state index contributed by atoms with van der Waals surface area (Å²) in [5, 5.41) is 3.96. The van der Waals surface area contributed by atoms with Crippen LogP contribution >= 0.6 is 0 Å². The summed E-state index contributed by atoms with van der Waals surface area (Å²) < 4.78 is 7.46. The summed E-state index contributed by atoms with van der Waals surface area (Å²) >= 11 is 0. The van der Waals surface area contributed by atoms with Gasteiger partial charge < -0.3 is 19.5 Å². The second-order valence-electron chi connectivity index (χ2n) is 7.54. The summed E-state index contributed by atoms with van der Waals surface area (Å²) in [7, 11) is 0. The molecule has 0 unspecified atom stereocenters. The maximum absolute atomic E-state index is 12.3. The molecule has 1 aromatic carbocycles. The van der Waals surface area contributed by atoms with E-state index in [0.29, 0.717) is 18.8 Å². The number of carbonyl (C=O) groups excluding carboxylic acids is 1. The number of ether oxygens (including phenoxy) is 1. The number of hydrogen-bond donors (Lipinski definition) is 1. The number of likely N-dealkylation sites (tertiary alicyclic amines) is 1. The molecule has 0 radical (unpaired) electrons. The number of benzene rings is 1. The van der Waals surface area contributed by atoms with E-state index in [-0.39, 0.29) is 18.1 Å². The summed E-state index contributed by atoms with van der Waals surface area (Å²) in [5.74, 6) is 0.487. The van der Waals surface area contributed by atoms with E-state index >= 15 is 0 Å². The first-order valence-corrected chi connectivity index (χ1v) is 10.3. The van der Waals surface area contributed by atoms with Gasteiger partial charge in [0.15, 0.2) is 6.61 Å². The molecule has 1 aromatic heterocycles. The van der Waals surface area contributed by atoms with Gasteiger partial charge in [-0.2, -0.15) is 0 Å². The van der Waals surface area contributed by atoms with E-state index < -0.39 is 0 Å². The highest BCUT2D eigenvalue weighted by Gasteiger charge is 2.11. The molecular formula is C22H31N3O3. The number of carbonyl (C=O) groups is 1. The van der Waals surface area contributed by atoms with Crippen LogP contribution in [0.4, 0.5) is 0 Å². The molecular weight excluding hydrogens is 354 g/mol. The van der Waals surface area contributed by atoms with E-state index in [0.717, 1.165) is 42.5 Å². The fourth-order valence-electron chi connectivity index (χ4n) is 3.81. The highest BCUT2D eigenvalue weighted by molar-refractivity contribution is 5.84. The van der Waals surface area contributed by atoms with Crippen LogP contribution in [0.3, 0.4) is 0 Å². The van der Waals surface area contributed by atoms with Gasteiger partial charge in [-0.25, -0.2) is 0 Å². The zero-order chi connectivity index (χ0) is 19.9. The zero-order valence-corrected chi connectivity index (χ0v) is 17.0. The molecule has 0 atom stereocenters. The number of amides is 1. The van der Waals surface area contributed by atoms with Gasteiger partial charge in [0.1, 0.15) is 5.75 Å². The quantitative estimate of drug-likeness (QED) is 0.759. The molecule has 1 N–H and O–H groups in total. The van der Waals surface area contributed by atoms with Crippen LogP contribution in [0, 0.1) is 6.92 Å². The van der Waals surface area contributed by atoms with E-state index in [4.69, 9.17) is 4.74 Å². The van der Waals surface area contributed by atoms with Gasteiger partial charge in [0.25, 0.3) is 11.5 Å². The summed E-state index contributed by atoms with van der Waals surface area (Å²) in [4.78, 5) is 26.8. The predicted molar refractivity (Wildman–Crippen MR) is 112 cm³/mol. The summed E-state index contributed by atoms with van der Waals surface area (Å²) in [6, 6.07) is 7.35. The van der Waals surface area contributed by atoms with Crippen molar-refractivity contribution in [2.75, 3.05) is 32.8 Å². The first kappa shape index (κ1) is 20.4. The molecule has 2 aromatic rings. The number of aromatic nitrogens is 1. The van der Waals surface area contributed by atoms with E-state index in [2.05, 4.69) is 10.2 Å². The zero-order valence-electron chi connectivity index (χ0n) is 17.0. The molecule has 1 amide bonds. The fourth-order valence-corrected chi connectivity index (χ4v) is 3.81. The Balaban J connectivity index is 1.58. The molecule has 0 bridgehead atoms. The second kappa shape index (κ2) is 9.73. The Kier molecular flexibility index (Phi) is 7.09. The van der Waals surface area contributed by atoms with Gasteiger partial charge in [-0.05, 0) is 57.0 Å². The Morgan fingerprint density at radius 1 is 1.14 bits per heavy atom. The molecule has 28 heavy (non-hydrogen) atoms. The van der Waals surface area contributed by atoms with Crippen LogP contribution in [0.2, 0.25) is 0 Å². The van der Waals surface area contributed by atoms with Crippen LogP contribution < -0.4 is 15.6 Å². The monoisotopic (exact) mass is 385 g/mol. The molecule has 2 heterocycles. The van der Waals surface area contributed by atoms with Crippen molar-refractivity contribution >= 4 is 16.8 Å². The van der Waals surface area contributed by atoms with Crippen molar-refractivity contribution < 1.29 is 9.53 Å². The van der Waals surface area contributed by atoms with Gasteiger partial charge in [0, 0.05) is 37.2 Å². The van der Waals surface area contributed by atoms with Crippen molar-refractivity contribution in [3.8, 4) is 5.75 Å². The van der Waals surface area contributed by atoms with Crippen molar-refractivity contribution in [3.05, 3.63) is 40.2 Å². The Hall–Kier alpha value is -2.34. The van der Waals surface area contributed by atoms with Crippen LogP contribution in [-0.4, -0.2) is 48.2 Å². The summed E-state index contributed by atoms with van der Waals surface area (Å²) in [5.41, 5.74) is 1.81. The maximum Gasteiger partial charge on any atom is 0.257 e. The number of aryl methyl sites for hydroxylation is 2. The molecule has 3 rings (SSSR count). The van der Waals surface area contributed by atoms with Crippen molar-refractivity contribution in [3.63, 3.8) is 0 Å². The first-order chi connectivity index (χ1) is 13.6. The summed E-state index contributed by atoms with van der Waals surface area (Å²) in [6.45, 7) is 8.43. The van der Waals surface area contributed by atoms with Crippen molar-refractivity contribution in [1.82, 2.24) is 14.8 Å². The van der Waals surface area contributed by atoms with Crippen molar-refractivity contribution in [1.29, 1.82) is 0 Å². The fraction of sp³-hybridized carbons (Fsp3) is 0.545. The Bertz CT molecular complexity index is 869. The van der Waals surface area contributed by atoms with Crippen molar-refractivity contribution in [2.24, 2.45) is 0 Å². The van der Waals surface area contributed by atoms with Gasteiger partial charge in [0.2, 0.25) is 0 Å². The lowest BCUT2D eigenvalue weighted by atomic mass is 10.1. The molecule has 0 spiro atoms. The number of hydrogen-bond acceptors (Lipinski definition) is 4. The molecule has 0 saturated carbocycles. The van der Waals surface area contributed by atoms with Crippen LogP contribution in [0.25, 0.3) is 10.9 Å². The van der Waals surface area contributed by atoms with Gasteiger partial charge >= 0.3 is 0 Å².